The molecule has 0 bridgehead atoms. The van der Waals surface area contributed by atoms with E-state index in [0.29, 0.717) is 0 Å². The standard InChI is InChI=1S/C13H21N5O2/c14-12-10-11(2-3-13(12)18(19)20)16-4-1-7-17-8-5-15-6-9-17/h2-3,10,15-16H,1,4-9,14H2. The number of nitrogens with zero attached hydrogens (tertiary/aromatic N) is 2. The molecule has 110 valence electrons. The summed E-state index contributed by atoms with van der Waals surface area (Å²) < 4.78 is 0. The molecule has 0 amide bonds. The minimum atomic E-state index is -0.469. The van der Waals surface area contributed by atoms with E-state index in [2.05, 4.69) is 15.5 Å². The van der Waals surface area contributed by atoms with E-state index in [4.69, 9.17) is 5.73 Å². The van der Waals surface area contributed by atoms with Gasteiger partial charge in [-0.1, -0.05) is 0 Å². The maximum atomic E-state index is 10.7. The highest BCUT2D eigenvalue weighted by atomic mass is 16.6. The average molecular weight is 279 g/mol. The van der Waals surface area contributed by atoms with Gasteiger partial charge in [-0.3, -0.25) is 10.1 Å². The van der Waals surface area contributed by atoms with Crippen LogP contribution in [0, 0.1) is 10.1 Å². The molecule has 0 spiro atoms. The molecule has 1 aliphatic heterocycles. The van der Waals surface area contributed by atoms with Crippen LogP contribution in [-0.4, -0.2) is 49.1 Å². The van der Waals surface area contributed by atoms with Crippen LogP contribution in [0.2, 0.25) is 0 Å². The molecule has 7 heteroatoms. The Morgan fingerprint density at radius 2 is 2.15 bits per heavy atom. The van der Waals surface area contributed by atoms with Crippen LogP contribution in [-0.2, 0) is 0 Å². The smallest absolute Gasteiger partial charge is 0.292 e. The molecular weight excluding hydrogens is 258 g/mol. The van der Waals surface area contributed by atoms with Gasteiger partial charge in [0, 0.05) is 44.5 Å². The number of piperazine rings is 1. The van der Waals surface area contributed by atoms with Crippen LogP contribution in [0.5, 0.6) is 0 Å². The molecule has 7 nitrogen and oxygen atoms in total. The monoisotopic (exact) mass is 279 g/mol. The number of nitrogen functional groups attached to an aromatic ring is 1. The van der Waals surface area contributed by atoms with Gasteiger partial charge in [0.1, 0.15) is 5.69 Å². The first-order valence-corrected chi connectivity index (χ1v) is 6.87. The number of hydrogen-bond acceptors (Lipinski definition) is 6. The topological polar surface area (TPSA) is 96.5 Å². The quantitative estimate of drug-likeness (QED) is 0.310. The van der Waals surface area contributed by atoms with Crippen LogP contribution in [0.15, 0.2) is 18.2 Å². The van der Waals surface area contributed by atoms with E-state index in [-0.39, 0.29) is 11.4 Å². The fourth-order valence-electron chi connectivity index (χ4n) is 2.30. The number of hydrogen-bond donors (Lipinski definition) is 3. The van der Waals surface area contributed by atoms with Gasteiger partial charge in [0.05, 0.1) is 4.92 Å². The van der Waals surface area contributed by atoms with Crippen LogP contribution in [0.1, 0.15) is 6.42 Å². The SMILES string of the molecule is Nc1cc(NCCCN2CCNCC2)ccc1[N+](=O)[O-]. The van der Waals surface area contributed by atoms with Crippen molar-refractivity contribution in [1.29, 1.82) is 0 Å². The zero-order chi connectivity index (χ0) is 14.4. The highest BCUT2D eigenvalue weighted by Crippen LogP contribution is 2.24. The Labute approximate surface area is 118 Å². The Morgan fingerprint density at radius 1 is 1.40 bits per heavy atom. The lowest BCUT2D eigenvalue weighted by molar-refractivity contribution is -0.383. The molecule has 2 rings (SSSR count). The van der Waals surface area contributed by atoms with E-state index in [1.807, 2.05) is 0 Å². The van der Waals surface area contributed by atoms with Gasteiger partial charge in [0.25, 0.3) is 5.69 Å². The summed E-state index contributed by atoms with van der Waals surface area (Å²) in [5.41, 5.74) is 6.63. The number of nitrogens with one attached hydrogen (secondary N) is 2. The summed E-state index contributed by atoms with van der Waals surface area (Å²) in [4.78, 5) is 12.6. The lowest BCUT2D eigenvalue weighted by Crippen LogP contribution is -2.44. The second kappa shape index (κ2) is 7.06. The van der Waals surface area contributed by atoms with Crippen molar-refractivity contribution in [2.45, 2.75) is 6.42 Å². The van der Waals surface area contributed by atoms with E-state index in [0.717, 1.165) is 51.4 Å². The fourth-order valence-corrected chi connectivity index (χ4v) is 2.30. The van der Waals surface area contributed by atoms with Crippen molar-refractivity contribution < 1.29 is 4.92 Å². The molecule has 1 saturated heterocycles. The molecule has 1 aliphatic rings. The van der Waals surface area contributed by atoms with Crippen molar-refractivity contribution in [2.24, 2.45) is 0 Å². The molecule has 20 heavy (non-hydrogen) atoms. The molecule has 0 aromatic heterocycles. The van der Waals surface area contributed by atoms with E-state index < -0.39 is 4.92 Å². The number of anilines is 2. The fraction of sp³-hybridized carbons (Fsp3) is 0.538. The second-order valence-corrected chi connectivity index (χ2v) is 4.90. The first kappa shape index (κ1) is 14.5. The number of rotatable bonds is 6. The molecule has 0 atom stereocenters. The molecular formula is C13H21N5O2. The molecule has 1 aromatic carbocycles. The molecule has 0 saturated carbocycles. The minimum absolute atomic E-state index is 0.0450. The van der Waals surface area contributed by atoms with Gasteiger partial charge in [-0.2, -0.15) is 0 Å². The van der Waals surface area contributed by atoms with Crippen molar-refractivity contribution in [1.82, 2.24) is 10.2 Å². The zero-order valence-corrected chi connectivity index (χ0v) is 11.5. The normalized spacial score (nSPS) is 16.0. The van der Waals surface area contributed by atoms with E-state index in [9.17, 15) is 10.1 Å². The molecule has 1 fully saturated rings. The van der Waals surface area contributed by atoms with Crippen molar-refractivity contribution in [2.75, 3.05) is 50.3 Å². The Bertz CT molecular complexity index is 460. The Balaban J connectivity index is 1.73. The first-order valence-electron chi connectivity index (χ1n) is 6.87. The van der Waals surface area contributed by atoms with E-state index >= 15 is 0 Å². The van der Waals surface area contributed by atoms with E-state index in [1.165, 1.54) is 6.07 Å². The first-order chi connectivity index (χ1) is 9.66. The molecule has 0 radical (unpaired) electrons. The predicted molar refractivity (Wildman–Crippen MR) is 79.9 cm³/mol. The third kappa shape index (κ3) is 4.07. The average Bonchev–Trinajstić information content (AvgIpc) is 2.44. The summed E-state index contributed by atoms with van der Waals surface area (Å²) in [6, 6.07) is 4.75. The summed E-state index contributed by atoms with van der Waals surface area (Å²) >= 11 is 0. The van der Waals surface area contributed by atoms with Gasteiger partial charge in [-0.05, 0) is 25.1 Å². The Hall–Kier alpha value is -1.86. The van der Waals surface area contributed by atoms with Gasteiger partial charge < -0.3 is 21.3 Å². The van der Waals surface area contributed by atoms with Crippen molar-refractivity contribution in [3.8, 4) is 0 Å². The van der Waals surface area contributed by atoms with E-state index in [1.54, 1.807) is 12.1 Å². The zero-order valence-electron chi connectivity index (χ0n) is 11.5. The third-order valence-corrected chi connectivity index (χ3v) is 3.41. The van der Waals surface area contributed by atoms with Gasteiger partial charge in [-0.15, -0.1) is 0 Å². The second-order valence-electron chi connectivity index (χ2n) is 4.90. The minimum Gasteiger partial charge on any atom is -0.393 e. The molecule has 4 N–H and O–H groups in total. The van der Waals surface area contributed by atoms with Crippen LogP contribution >= 0.6 is 0 Å². The molecule has 1 heterocycles. The lowest BCUT2D eigenvalue weighted by Gasteiger charge is -2.27. The van der Waals surface area contributed by atoms with Gasteiger partial charge in [0.15, 0.2) is 0 Å². The van der Waals surface area contributed by atoms with Crippen LogP contribution < -0.4 is 16.4 Å². The van der Waals surface area contributed by atoms with Crippen molar-refractivity contribution in [3.63, 3.8) is 0 Å². The van der Waals surface area contributed by atoms with Crippen LogP contribution in [0.25, 0.3) is 0 Å². The summed E-state index contributed by atoms with van der Waals surface area (Å²) in [7, 11) is 0. The maximum absolute atomic E-state index is 10.7. The molecule has 1 aromatic rings. The summed E-state index contributed by atoms with van der Waals surface area (Å²) in [6.07, 6.45) is 1.04. The van der Waals surface area contributed by atoms with Crippen molar-refractivity contribution in [3.05, 3.63) is 28.3 Å². The highest BCUT2D eigenvalue weighted by molar-refractivity contribution is 5.65. The van der Waals surface area contributed by atoms with Crippen LogP contribution in [0.4, 0.5) is 17.1 Å². The predicted octanol–water partition coefficient (Wildman–Crippen LogP) is 0.884. The third-order valence-electron chi connectivity index (χ3n) is 3.41. The number of nitrogens with two attached hydrogens (primary N) is 1. The highest BCUT2D eigenvalue weighted by Gasteiger charge is 2.11. The van der Waals surface area contributed by atoms with Gasteiger partial charge in [0.2, 0.25) is 0 Å². The van der Waals surface area contributed by atoms with Crippen molar-refractivity contribution >= 4 is 17.1 Å². The number of benzene rings is 1. The molecule has 0 unspecified atom stereocenters. The maximum Gasteiger partial charge on any atom is 0.292 e. The van der Waals surface area contributed by atoms with Gasteiger partial charge in [-0.25, -0.2) is 0 Å². The number of nitro groups is 1. The Kier molecular flexibility index (Phi) is 5.14. The summed E-state index contributed by atoms with van der Waals surface area (Å²) in [6.45, 7) is 6.23. The summed E-state index contributed by atoms with van der Waals surface area (Å²) in [5.74, 6) is 0. The van der Waals surface area contributed by atoms with Gasteiger partial charge >= 0.3 is 0 Å². The number of nitro benzene ring substituents is 1. The van der Waals surface area contributed by atoms with Crippen LogP contribution in [0.3, 0.4) is 0 Å². The molecule has 0 aliphatic carbocycles. The summed E-state index contributed by atoms with van der Waals surface area (Å²) in [5, 5.41) is 17.2. The lowest BCUT2D eigenvalue weighted by atomic mass is 10.2. The Morgan fingerprint density at radius 3 is 2.80 bits per heavy atom. The largest absolute Gasteiger partial charge is 0.393 e.